The van der Waals surface area contributed by atoms with E-state index in [0.717, 1.165) is 25.0 Å². The van der Waals surface area contributed by atoms with Crippen LogP contribution in [0.15, 0.2) is 36.5 Å². The molecule has 1 aliphatic heterocycles. The SMILES string of the molecule is CC(C)(C)OC(=O)N1CCCCC1c1cccc(OCc2ccnc(OC(F)F)c2)n1. The van der Waals surface area contributed by atoms with Gasteiger partial charge in [-0.15, -0.1) is 0 Å². The largest absolute Gasteiger partial charge is 0.473 e. The predicted octanol–water partition coefficient (Wildman–Crippen LogP) is 5.12. The highest BCUT2D eigenvalue weighted by Gasteiger charge is 2.32. The van der Waals surface area contributed by atoms with Gasteiger partial charge in [0, 0.05) is 24.9 Å². The molecule has 1 amide bonds. The van der Waals surface area contributed by atoms with Gasteiger partial charge in [-0.3, -0.25) is 4.90 Å². The van der Waals surface area contributed by atoms with Crippen LogP contribution in [0.25, 0.3) is 0 Å². The number of rotatable bonds is 6. The number of nitrogens with zero attached hydrogens (tertiary/aromatic N) is 3. The first-order chi connectivity index (χ1) is 14.7. The van der Waals surface area contributed by atoms with Crippen LogP contribution in [0.4, 0.5) is 13.6 Å². The summed E-state index contributed by atoms with van der Waals surface area (Å²) in [5.41, 5.74) is 0.764. The Labute approximate surface area is 180 Å². The summed E-state index contributed by atoms with van der Waals surface area (Å²) in [7, 11) is 0. The first-order valence-electron chi connectivity index (χ1n) is 10.2. The van der Waals surface area contributed by atoms with E-state index in [0.29, 0.717) is 18.0 Å². The van der Waals surface area contributed by atoms with Gasteiger partial charge in [-0.05, 0) is 57.7 Å². The number of piperidine rings is 1. The van der Waals surface area contributed by atoms with Gasteiger partial charge in [0.05, 0.1) is 11.7 Å². The quantitative estimate of drug-likeness (QED) is 0.627. The molecule has 31 heavy (non-hydrogen) atoms. The van der Waals surface area contributed by atoms with Crippen LogP contribution in [0.2, 0.25) is 0 Å². The molecule has 1 unspecified atom stereocenters. The fourth-order valence-electron chi connectivity index (χ4n) is 3.33. The molecule has 7 nitrogen and oxygen atoms in total. The molecule has 9 heteroatoms. The van der Waals surface area contributed by atoms with Gasteiger partial charge in [-0.1, -0.05) is 6.07 Å². The Morgan fingerprint density at radius 1 is 1.23 bits per heavy atom. The van der Waals surface area contributed by atoms with Gasteiger partial charge in [-0.25, -0.2) is 14.8 Å². The van der Waals surface area contributed by atoms with Gasteiger partial charge < -0.3 is 14.2 Å². The maximum Gasteiger partial charge on any atom is 0.410 e. The molecule has 0 saturated carbocycles. The molecular weight excluding hydrogens is 408 g/mol. The minimum Gasteiger partial charge on any atom is -0.473 e. The number of halogens is 2. The zero-order valence-electron chi connectivity index (χ0n) is 17.9. The number of ether oxygens (including phenoxy) is 3. The van der Waals surface area contributed by atoms with E-state index in [1.54, 1.807) is 17.0 Å². The molecule has 0 aliphatic carbocycles. The first-order valence-corrected chi connectivity index (χ1v) is 10.2. The third-order valence-electron chi connectivity index (χ3n) is 4.61. The first kappa shape index (κ1) is 22.7. The number of carbonyl (C=O) groups is 1. The maximum absolute atomic E-state index is 12.7. The Hall–Kier alpha value is -2.97. The number of hydrogen-bond acceptors (Lipinski definition) is 6. The molecule has 2 aromatic rings. The number of aromatic nitrogens is 2. The Bertz CT molecular complexity index is 889. The van der Waals surface area contributed by atoms with Gasteiger partial charge in [0.15, 0.2) is 0 Å². The summed E-state index contributed by atoms with van der Waals surface area (Å²) in [6, 6.07) is 8.23. The van der Waals surface area contributed by atoms with Crippen molar-refractivity contribution in [2.75, 3.05) is 6.54 Å². The summed E-state index contributed by atoms with van der Waals surface area (Å²) in [6.07, 6.45) is 3.71. The standard InChI is InChI=1S/C22H27F2N3O4/c1-22(2,3)31-21(28)27-12-5-4-8-17(27)16-7-6-9-18(26-16)29-14-15-10-11-25-19(13-15)30-20(23)24/h6-7,9-11,13,17,20H,4-5,8,12,14H2,1-3H3. The highest BCUT2D eigenvalue weighted by Crippen LogP contribution is 2.32. The lowest BCUT2D eigenvalue weighted by atomic mass is 9.99. The van der Waals surface area contributed by atoms with Gasteiger partial charge in [0.2, 0.25) is 11.8 Å². The molecule has 3 rings (SSSR count). The van der Waals surface area contributed by atoms with Crippen molar-refractivity contribution < 1.29 is 27.8 Å². The second-order valence-electron chi connectivity index (χ2n) is 8.26. The Balaban J connectivity index is 1.69. The van der Waals surface area contributed by atoms with Crippen molar-refractivity contribution in [3.8, 4) is 11.8 Å². The van der Waals surface area contributed by atoms with Crippen molar-refractivity contribution in [3.63, 3.8) is 0 Å². The minimum absolute atomic E-state index is 0.110. The molecule has 0 spiro atoms. The third-order valence-corrected chi connectivity index (χ3v) is 4.61. The summed E-state index contributed by atoms with van der Waals surface area (Å²) in [4.78, 5) is 22.7. The molecule has 1 fully saturated rings. The molecule has 0 radical (unpaired) electrons. The van der Waals surface area contributed by atoms with Gasteiger partial charge in [-0.2, -0.15) is 8.78 Å². The van der Waals surface area contributed by atoms with Crippen LogP contribution < -0.4 is 9.47 Å². The Kier molecular flexibility index (Phi) is 7.25. The third kappa shape index (κ3) is 6.77. The van der Waals surface area contributed by atoms with Crippen molar-refractivity contribution in [3.05, 3.63) is 47.8 Å². The topological polar surface area (TPSA) is 73.8 Å². The summed E-state index contributed by atoms with van der Waals surface area (Å²) in [5, 5.41) is 0. The lowest BCUT2D eigenvalue weighted by Crippen LogP contribution is -2.42. The van der Waals surface area contributed by atoms with Crippen LogP contribution in [0, 0.1) is 0 Å². The lowest BCUT2D eigenvalue weighted by Gasteiger charge is -2.36. The summed E-state index contributed by atoms with van der Waals surface area (Å²) < 4.78 is 40.3. The van der Waals surface area contributed by atoms with Crippen molar-refractivity contribution >= 4 is 6.09 Å². The van der Waals surface area contributed by atoms with Crippen LogP contribution in [0.1, 0.15) is 57.3 Å². The average Bonchev–Trinajstić information content (AvgIpc) is 2.71. The lowest BCUT2D eigenvalue weighted by molar-refractivity contribution is -0.0529. The number of likely N-dealkylation sites (tertiary alicyclic amines) is 1. The molecule has 3 heterocycles. The van der Waals surface area contributed by atoms with E-state index in [1.807, 2.05) is 32.9 Å². The molecule has 0 bridgehead atoms. The van der Waals surface area contributed by atoms with E-state index in [2.05, 4.69) is 14.7 Å². The predicted molar refractivity (Wildman–Crippen MR) is 109 cm³/mol. The summed E-state index contributed by atoms with van der Waals surface area (Å²) in [5.74, 6) is 0.202. The highest BCUT2D eigenvalue weighted by atomic mass is 19.3. The van der Waals surface area contributed by atoms with E-state index in [9.17, 15) is 13.6 Å². The monoisotopic (exact) mass is 435 g/mol. The fourth-order valence-corrected chi connectivity index (χ4v) is 3.33. The Morgan fingerprint density at radius 3 is 2.77 bits per heavy atom. The van der Waals surface area contributed by atoms with Crippen molar-refractivity contribution in [1.29, 1.82) is 0 Å². The molecular formula is C22H27F2N3O4. The molecule has 1 atom stereocenters. The summed E-state index contributed by atoms with van der Waals surface area (Å²) >= 11 is 0. The Morgan fingerprint density at radius 2 is 2.03 bits per heavy atom. The summed E-state index contributed by atoms with van der Waals surface area (Å²) in [6.45, 7) is 3.30. The van der Waals surface area contributed by atoms with Gasteiger partial charge in [0.1, 0.15) is 12.2 Å². The second kappa shape index (κ2) is 9.89. The van der Waals surface area contributed by atoms with Crippen LogP contribution in [0.5, 0.6) is 11.8 Å². The zero-order chi connectivity index (χ0) is 22.4. The maximum atomic E-state index is 12.7. The van der Waals surface area contributed by atoms with Crippen molar-refractivity contribution in [2.45, 2.75) is 64.9 Å². The molecule has 168 valence electrons. The van der Waals surface area contributed by atoms with Crippen molar-refractivity contribution in [1.82, 2.24) is 14.9 Å². The van der Waals surface area contributed by atoms with E-state index in [4.69, 9.17) is 9.47 Å². The van der Waals surface area contributed by atoms with Crippen LogP contribution in [0.3, 0.4) is 0 Å². The van der Waals surface area contributed by atoms with E-state index < -0.39 is 12.2 Å². The second-order valence-corrected chi connectivity index (χ2v) is 8.26. The van der Waals surface area contributed by atoms with E-state index in [1.165, 1.54) is 12.3 Å². The van der Waals surface area contributed by atoms with Crippen LogP contribution in [-0.2, 0) is 11.3 Å². The van der Waals surface area contributed by atoms with Crippen molar-refractivity contribution in [2.24, 2.45) is 0 Å². The number of amides is 1. The smallest absolute Gasteiger partial charge is 0.410 e. The van der Waals surface area contributed by atoms with E-state index in [-0.39, 0.29) is 24.6 Å². The minimum atomic E-state index is -2.94. The number of pyridine rings is 2. The molecule has 2 aromatic heterocycles. The normalized spacial score (nSPS) is 16.8. The molecule has 0 aromatic carbocycles. The van der Waals surface area contributed by atoms with Gasteiger partial charge in [0.25, 0.3) is 0 Å². The van der Waals surface area contributed by atoms with Crippen LogP contribution in [-0.4, -0.2) is 39.7 Å². The highest BCUT2D eigenvalue weighted by molar-refractivity contribution is 5.69. The number of hydrogen-bond donors (Lipinski definition) is 0. The molecule has 1 saturated heterocycles. The molecule has 1 aliphatic rings. The van der Waals surface area contributed by atoms with Crippen LogP contribution >= 0.6 is 0 Å². The van der Waals surface area contributed by atoms with E-state index >= 15 is 0 Å². The average molecular weight is 435 g/mol. The molecule has 0 N–H and O–H groups in total. The number of carbonyl (C=O) groups excluding carboxylic acids is 1. The van der Waals surface area contributed by atoms with Gasteiger partial charge >= 0.3 is 12.7 Å². The zero-order valence-corrected chi connectivity index (χ0v) is 17.9. The fraction of sp³-hybridized carbons (Fsp3) is 0.500. The number of alkyl halides is 2.